The van der Waals surface area contributed by atoms with Gasteiger partial charge in [-0.15, -0.1) is 0 Å². The SMILES string of the molecule is N[C@H](CC1CC1)c1c(O)cc(F)cc1F. The van der Waals surface area contributed by atoms with Gasteiger partial charge in [-0.25, -0.2) is 8.78 Å². The van der Waals surface area contributed by atoms with Crippen molar-refractivity contribution in [3.05, 3.63) is 29.3 Å². The van der Waals surface area contributed by atoms with Crippen LogP contribution in [0, 0.1) is 17.6 Å². The topological polar surface area (TPSA) is 46.2 Å². The van der Waals surface area contributed by atoms with Crippen LogP contribution in [0.4, 0.5) is 8.78 Å². The van der Waals surface area contributed by atoms with E-state index in [4.69, 9.17) is 5.73 Å². The van der Waals surface area contributed by atoms with E-state index < -0.39 is 17.7 Å². The Labute approximate surface area is 86.7 Å². The average Bonchev–Trinajstić information content (AvgIpc) is 2.85. The van der Waals surface area contributed by atoms with Crippen LogP contribution in [-0.4, -0.2) is 5.11 Å². The number of rotatable bonds is 3. The molecular weight excluding hydrogens is 200 g/mol. The molecule has 0 aliphatic heterocycles. The molecule has 1 aromatic rings. The third kappa shape index (κ3) is 2.26. The first-order valence-electron chi connectivity index (χ1n) is 5.01. The molecule has 0 amide bonds. The molecule has 2 rings (SSSR count). The highest BCUT2D eigenvalue weighted by Gasteiger charge is 2.27. The summed E-state index contributed by atoms with van der Waals surface area (Å²) in [6.45, 7) is 0. The molecule has 1 saturated carbocycles. The summed E-state index contributed by atoms with van der Waals surface area (Å²) in [5.41, 5.74) is 5.80. The molecule has 1 aromatic carbocycles. The zero-order valence-corrected chi connectivity index (χ0v) is 8.21. The lowest BCUT2D eigenvalue weighted by Crippen LogP contribution is -2.13. The van der Waals surface area contributed by atoms with Crippen molar-refractivity contribution in [3.8, 4) is 5.75 Å². The highest BCUT2D eigenvalue weighted by Crippen LogP contribution is 2.39. The zero-order valence-electron chi connectivity index (χ0n) is 8.21. The predicted molar refractivity (Wildman–Crippen MR) is 52.3 cm³/mol. The van der Waals surface area contributed by atoms with E-state index in [0.717, 1.165) is 25.0 Å². The quantitative estimate of drug-likeness (QED) is 0.810. The van der Waals surface area contributed by atoms with Crippen molar-refractivity contribution in [2.24, 2.45) is 11.7 Å². The number of phenolic OH excluding ortho intramolecular Hbond substituents is 1. The van der Waals surface area contributed by atoms with Gasteiger partial charge in [0, 0.05) is 23.7 Å². The molecule has 1 aliphatic rings. The summed E-state index contributed by atoms with van der Waals surface area (Å²) in [5.74, 6) is -1.41. The molecule has 82 valence electrons. The van der Waals surface area contributed by atoms with Gasteiger partial charge < -0.3 is 10.8 Å². The number of aromatic hydroxyl groups is 1. The fourth-order valence-electron chi connectivity index (χ4n) is 1.77. The van der Waals surface area contributed by atoms with Crippen LogP contribution in [0.15, 0.2) is 12.1 Å². The van der Waals surface area contributed by atoms with E-state index in [1.165, 1.54) is 0 Å². The van der Waals surface area contributed by atoms with Crippen LogP contribution in [0.2, 0.25) is 0 Å². The van der Waals surface area contributed by atoms with Crippen LogP contribution < -0.4 is 5.73 Å². The van der Waals surface area contributed by atoms with Gasteiger partial charge in [-0.3, -0.25) is 0 Å². The number of halogens is 2. The molecule has 0 unspecified atom stereocenters. The Kier molecular flexibility index (Phi) is 2.61. The minimum absolute atomic E-state index is 0.0308. The largest absolute Gasteiger partial charge is 0.507 e. The van der Waals surface area contributed by atoms with Crippen LogP contribution in [0.25, 0.3) is 0 Å². The van der Waals surface area contributed by atoms with Crippen LogP contribution in [0.1, 0.15) is 30.9 Å². The van der Waals surface area contributed by atoms with Gasteiger partial charge in [0.05, 0.1) is 0 Å². The first-order valence-corrected chi connectivity index (χ1v) is 5.01. The number of benzene rings is 1. The molecule has 1 fully saturated rings. The lowest BCUT2D eigenvalue weighted by Gasteiger charge is -2.14. The second kappa shape index (κ2) is 3.77. The second-order valence-corrected chi connectivity index (χ2v) is 4.11. The van der Waals surface area contributed by atoms with Gasteiger partial charge >= 0.3 is 0 Å². The molecule has 15 heavy (non-hydrogen) atoms. The van der Waals surface area contributed by atoms with E-state index >= 15 is 0 Å². The first-order chi connectivity index (χ1) is 7.08. The lowest BCUT2D eigenvalue weighted by atomic mass is 10.0. The number of phenols is 1. The zero-order chi connectivity index (χ0) is 11.0. The second-order valence-electron chi connectivity index (χ2n) is 4.11. The minimum atomic E-state index is -0.785. The summed E-state index contributed by atoms with van der Waals surface area (Å²) < 4.78 is 26.1. The molecule has 1 atom stereocenters. The summed E-state index contributed by atoms with van der Waals surface area (Å²) in [5, 5.41) is 9.42. The van der Waals surface area contributed by atoms with Crippen molar-refractivity contribution in [1.29, 1.82) is 0 Å². The maximum absolute atomic E-state index is 13.4. The van der Waals surface area contributed by atoms with Crippen molar-refractivity contribution < 1.29 is 13.9 Å². The Morgan fingerprint density at radius 2 is 2.07 bits per heavy atom. The standard InChI is InChI=1S/C11H13F2NO/c12-7-4-8(13)11(10(15)5-7)9(14)3-6-1-2-6/h4-6,9,15H,1-3,14H2/t9-/m1/s1. The molecular formula is C11H13F2NO. The fraction of sp³-hybridized carbons (Fsp3) is 0.455. The van der Waals surface area contributed by atoms with Gasteiger partial charge in [0.1, 0.15) is 17.4 Å². The monoisotopic (exact) mass is 213 g/mol. The van der Waals surface area contributed by atoms with E-state index in [2.05, 4.69) is 0 Å². The summed E-state index contributed by atoms with van der Waals surface area (Å²) in [4.78, 5) is 0. The summed E-state index contributed by atoms with van der Waals surface area (Å²) >= 11 is 0. The molecule has 0 saturated heterocycles. The van der Waals surface area contributed by atoms with E-state index in [1.807, 2.05) is 0 Å². The fourth-order valence-corrected chi connectivity index (χ4v) is 1.77. The van der Waals surface area contributed by atoms with Crippen LogP contribution in [0.3, 0.4) is 0 Å². The van der Waals surface area contributed by atoms with E-state index in [-0.39, 0.29) is 11.3 Å². The van der Waals surface area contributed by atoms with Crippen LogP contribution in [0.5, 0.6) is 5.75 Å². The summed E-state index contributed by atoms with van der Waals surface area (Å²) in [6.07, 6.45) is 2.87. The van der Waals surface area contributed by atoms with Crippen LogP contribution >= 0.6 is 0 Å². The predicted octanol–water partition coefficient (Wildman–Crippen LogP) is 2.47. The lowest BCUT2D eigenvalue weighted by molar-refractivity contribution is 0.433. The van der Waals surface area contributed by atoms with E-state index in [9.17, 15) is 13.9 Å². The van der Waals surface area contributed by atoms with E-state index in [1.54, 1.807) is 0 Å². The highest BCUT2D eigenvalue weighted by atomic mass is 19.1. The molecule has 3 N–H and O–H groups in total. The third-order valence-corrected chi connectivity index (χ3v) is 2.73. The molecule has 4 heteroatoms. The molecule has 0 aromatic heterocycles. The molecule has 0 spiro atoms. The molecule has 2 nitrogen and oxygen atoms in total. The van der Waals surface area contributed by atoms with Gasteiger partial charge in [-0.05, 0) is 12.3 Å². The number of nitrogens with two attached hydrogens (primary N) is 1. The highest BCUT2D eigenvalue weighted by molar-refractivity contribution is 5.36. The Bertz CT molecular complexity index is 354. The smallest absolute Gasteiger partial charge is 0.134 e. The molecule has 0 heterocycles. The Balaban J connectivity index is 2.24. The summed E-state index contributed by atoms with van der Waals surface area (Å²) in [7, 11) is 0. The van der Waals surface area contributed by atoms with E-state index in [0.29, 0.717) is 12.3 Å². The molecule has 1 aliphatic carbocycles. The average molecular weight is 213 g/mol. The number of hydrogen-bond acceptors (Lipinski definition) is 2. The normalized spacial score (nSPS) is 17.8. The van der Waals surface area contributed by atoms with Crippen molar-refractivity contribution in [2.45, 2.75) is 25.3 Å². The van der Waals surface area contributed by atoms with Gasteiger partial charge in [0.2, 0.25) is 0 Å². The molecule has 0 bridgehead atoms. The summed E-state index contributed by atoms with van der Waals surface area (Å²) in [6, 6.07) is 1.10. The van der Waals surface area contributed by atoms with Gasteiger partial charge in [0.15, 0.2) is 0 Å². The van der Waals surface area contributed by atoms with Crippen molar-refractivity contribution >= 4 is 0 Å². The van der Waals surface area contributed by atoms with Crippen molar-refractivity contribution in [1.82, 2.24) is 0 Å². The maximum Gasteiger partial charge on any atom is 0.134 e. The van der Waals surface area contributed by atoms with Crippen molar-refractivity contribution in [3.63, 3.8) is 0 Å². The maximum atomic E-state index is 13.4. The Morgan fingerprint density at radius 1 is 1.40 bits per heavy atom. The van der Waals surface area contributed by atoms with Crippen LogP contribution in [-0.2, 0) is 0 Å². The first kappa shape index (κ1) is 10.4. The van der Waals surface area contributed by atoms with Gasteiger partial charge in [-0.2, -0.15) is 0 Å². The minimum Gasteiger partial charge on any atom is -0.507 e. The van der Waals surface area contributed by atoms with Gasteiger partial charge in [0.25, 0.3) is 0 Å². The Hall–Kier alpha value is -1.16. The number of hydrogen-bond donors (Lipinski definition) is 2. The molecule has 0 radical (unpaired) electrons. The van der Waals surface area contributed by atoms with Gasteiger partial charge in [-0.1, -0.05) is 12.8 Å². The third-order valence-electron chi connectivity index (χ3n) is 2.73. The van der Waals surface area contributed by atoms with Crippen molar-refractivity contribution in [2.75, 3.05) is 0 Å². The Morgan fingerprint density at radius 3 is 2.60 bits per heavy atom.